The van der Waals surface area contributed by atoms with Gasteiger partial charge in [-0.05, 0) is 50.3 Å². The number of nitrogens with zero attached hydrogens (tertiary/aromatic N) is 1. The minimum absolute atomic E-state index is 0.101. The molecule has 2 atom stereocenters. The number of allylic oxidation sites excluding steroid dienone is 1. The molecule has 2 aliphatic rings. The Balaban J connectivity index is 2.15. The fourth-order valence-electron chi connectivity index (χ4n) is 4.41. The second-order valence-electron chi connectivity index (χ2n) is 8.38. The molecule has 1 fully saturated rings. The van der Waals surface area contributed by atoms with E-state index >= 15 is 0 Å². The molecule has 1 aliphatic carbocycles. The first-order valence-corrected chi connectivity index (χ1v) is 10.5. The molecule has 1 unspecified atom stereocenters. The van der Waals surface area contributed by atoms with Crippen LogP contribution in [-0.2, 0) is 14.3 Å². The Labute approximate surface area is 177 Å². The summed E-state index contributed by atoms with van der Waals surface area (Å²) in [5.74, 6) is -0.680. The monoisotopic (exact) mass is 417 g/mol. The second kappa shape index (κ2) is 8.31. The van der Waals surface area contributed by atoms with Crippen LogP contribution in [0.1, 0.15) is 58.9 Å². The third-order valence-corrected chi connectivity index (χ3v) is 5.77. The summed E-state index contributed by atoms with van der Waals surface area (Å²) in [5.41, 5.74) is 2.54. The van der Waals surface area contributed by atoms with Gasteiger partial charge >= 0.3 is 5.97 Å². The van der Waals surface area contributed by atoms with Crippen LogP contribution >= 0.6 is 11.6 Å². The first-order valence-electron chi connectivity index (χ1n) is 10.1. The Kier molecular flexibility index (Phi) is 6.18. The summed E-state index contributed by atoms with van der Waals surface area (Å²) in [4.78, 5) is 30.7. The Morgan fingerprint density at radius 2 is 1.93 bits per heavy atom. The highest BCUT2D eigenvalue weighted by Gasteiger charge is 2.47. The number of Topliss-reactive ketones (excluding diaryl/α,β-unsaturated/α-hetero) is 1. The first kappa shape index (κ1) is 21.6. The number of rotatable bonds is 5. The molecule has 3 rings (SSSR count). The fraction of sp³-hybridized carbons (Fsp3) is 0.522. The van der Waals surface area contributed by atoms with Gasteiger partial charge in [-0.3, -0.25) is 9.79 Å². The van der Waals surface area contributed by atoms with E-state index in [9.17, 15) is 9.59 Å². The number of esters is 1. The van der Waals surface area contributed by atoms with Gasteiger partial charge in [0, 0.05) is 23.7 Å². The summed E-state index contributed by atoms with van der Waals surface area (Å²) in [6, 6.07) is 5.46. The Bertz CT molecular complexity index is 900. The maximum atomic E-state index is 13.2. The highest BCUT2D eigenvalue weighted by molar-refractivity contribution is 6.32. The van der Waals surface area contributed by atoms with Crippen LogP contribution in [0.5, 0.6) is 5.75 Å². The van der Waals surface area contributed by atoms with Gasteiger partial charge in [0.2, 0.25) is 0 Å². The largest absolute Gasteiger partial charge is 0.492 e. The van der Waals surface area contributed by atoms with E-state index in [1.54, 1.807) is 19.1 Å². The van der Waals surface area contributed by atoms with Crippen molar-refractivity contribution in [1.82, 2.24) is 0 Å². The molecule has 0 bridgehead atoms. The summed E-state index contributed by atoms with van der Waals surface area (Å²) in [6.07, 6.45) is 1.17. The van der Waals surface area contributed by atoms with Gasteiger partial charge in [-0.2, -0.15) is 0 Å². The molecule has 0 amide bonds. The molecule has 0 saturated heterocycles. The van der Waals surface area contributed by atoms with Crippen LogP contribution in [0.2, 0.25) is 5.02 Å². The van der Waals surface area contributed by atoms with Crippen molar-refractivity contribution in [2.24, 2.45) is 16.3 Å². The Morgan fingerprint density at radius 3 is 2.55 bits per heavy atom. The minimum Gasteiger partial charge on any atom is -0.492 e. The van der Waals surface area contributed by atoms with Gasteiger partial charge in [-0.1, -0.05) is 31.5 Å². The van der Waals surface area contributed by atoms with E-state index in [1.165, 1.54) is 0 Å². The van der Waals surface area contributed by atoms with Gasteiger partial charge in [0.15, 0.2) is 0 Å². The van der Waals surface area contributed by atoms with E-state index in [0.717, 1.165) is 17.7 Å². The Hall–Kier alpha value is -2.14. The lowest BCUT2D eigenvalue weighted by Gasteiger charge is -2.41. The van der Waals surface area contributed by atoms with E-state index in [2.05, 4.69) is 13.8 Å². The van der Waals surface area contributed by atoms with Gasteiger partial charge in [0.25, 0.3) is 0 Å². The number of carbonyl (C=O) groups excluding carboxylic acids is 2. The predicted octanol–water partition coefficient (Wildman–Crippen LogP) is 5.12. The number of ketones is 1. The van der Waals surface area contributed by atoms with Gasteiger partial charge < -0.3 is 9.47 Å². The smallest absolute Gasteiger partial charge is 0.336 e. The summed E-state index contributed by atoms with van der Waals surface area (Å²) in [6.45, 7) is 10.4. The van der Waals surface area contributed by atoms with E-state index in [-0.39, 0.29) is 17.8 Å². The number of hydrogen-bond acceptors (Lipinski definition) is 5. The third kappa shape index (κ3) is 4.25. The molecule has 0 aromatic heterocycles. The molecule has 0 radical (unpaired) electrons. The maximum absolute atomic E-state index is 13.2. The van der Waals surface area contributed by atoms with E-state index in [4.69, 9.17) is 26.1 Å². The topological polar surface area (TPSA) is 65.0 Å². The number of fused-ring (bicyclic) bond motifs is 1. The zero-order chi connectivity index (χ0) is 21.3. The van der Waals surface area contributed by atoms with Crippen molar-refractivity contribution in [3.8, 4) is 5.75 Å². The summed E-state index contributed by atoms with van der Waals surface area (Å²) in [5, 5.41) is 0.456. The number of benzene rings is 1. The van der Waals surface area contributed by atoms with Gasteiger partial charge in [0.05, 0.1) is 29.7 Å². The molecule has 6 heteroatoms. The van der Waals surface area contributed by atoms with Crippen molar-refractivity contribution < 1.29 is 19.1 Å². The second-order valence-corrected chi connectivity index (χ2v) is 8.79. The summed E-state index contributed by atoms with van der Waals surface area (Å²) >= 11 is 6.44. The van der Waals surface area contributed by atoms with Crippen LogP contribution in [0.3, 0.4) is 0 Å². The molecular formula is C23H28ClNO4. The van der Waals surface area contributed by atoms with Crippen molar-refractivity contribution in [3.63, 3.8) is 0 Å². The lowest BCUT2D eigenvalue weighted by atomic mass is 9.63. The van der Waals surface area contributed by atoms with Gasteiger partial charge in [0.1, 0.15) is 11.5 Å². The third-order valence-electron chi connectivity index (χ3n) is 5.47. The standard InChI is InChI=1S/C23H28ClNO4/c1-6-28-18-9-8-14(10-15(18)24)20-19(22(27)29-7-2)13(3)25-16-11-23(4,5)12-17(26)21(16)20/h8-10,20-21H,6-7,11-12H2,1-5H3/t20-,21?/m0/s1. The molecule has 1 aliphatic heterocycles. The molecule has 29 heavy (non-hydrogen) atoms. The van der Waals surface area contributed by atoms with E-state index < -0.39 is 17.8 Å². The average Bonchev–Trinajstić information content (AvgIpc) is 2.61. The Morgan fingerprint density at radius 1 is 1.21 bits per heavy atom. The zero-order valence-corrected chi connectivity index (χ0v) is 18.4. The van der Waals surface area contributed by atoms with Crippen LogP contribution in [0.15, 0.2) is 34.5 Å². The van der Waals surface area contributed by atoms with Crippen LogP contribution in [0.25, 0.3) is 0 Å². The van der Waals surface area contributed by atoms with Crippen molar-refractivity contribution >= 4 is 29.1 Å². The van der Waals surface area contributed by atoms with Gasteiger partial charge in [-0.15, -0.1) is 0 Å². The molecule has 1 aromatic carbocycles. The van der Waals surface area contributed by atoms with Crippen LogP contribution in [0.4, 0.5) is 0 Å². The lowest BCUT2D eigenvalue weighted by Crippen LogP contribution is -2.44. The van der Waals surface area contributed by atoms with Crippen LogP contribution < -0.4 is 4.74 Å². The minimum atomic E-state index is -0.472. The van der Waals surface area contributed by atoms with Crippen molar-refractivity contribution in [1.29, 1.82) is 0 Å². The summed E-state index contributed by atoms with van der Waals surface area (Å²) in [7, 11) is 0. The normalized spacial score (nSPS) is 23.4. The molecule has 5 nitrogen and oxygen atoms in total. The number of halogens is 1. The van der Waals surface area contributed by atoms with Crippen LogP contribution in [0, 0.1) is 11.3 Å². The molecule has 0 spiro atoms. The van der Waals surface area contributed by atoms with E-state index in [1.807, 2.05) is 19.9 Å². The lowest BCUT2D eigenvalue weighted by molar-refractivity contribution is -0.139. The van der Waals surface area contributed by atoms with Crippen LogP contribution in [-0.4, -0.2) is 30.7 Å². The van der Waals surface area contributed by atoms with E-state index in [0.29, 0.717) is 35.1 Å². The van der Waals surface area contributed by atoms with Crippen molar-refractivity contribution in [2.45, 2.75) is 53.4 Å². The molecule has 156 valence electrons. The molecular weight excluding hydrogens is 390 g/mol. The summed E-state index contributed by atoms with van der Waals surface area (Å²) < 4.78 is 10.9. The highest BCUT2D eigenvalue weighted by atomic mass is 35.5. The fourth-order valence-corrected chi connectivity index (χ4v) is 4.65. The number of carbonyl (C=O) groups is 2. The number of aliphatic imine (C=N–C) groups is 1. The first-order chi connectivity index (χ1) is 13.7. The zero-order valence-electron chi connectivity index (χ0n) is 17.7. The molecule has 1 heterocycles. The average molecular weight is 418 g/mol. The SMILES string of the molecule is CCOC(=O)C1=C(C)N=C2CC(C)(C)CC(=O)C2[C@H]1c1ccc(OCC)c(Cl)c1. The maximum Gasteiger partial charge on any atom is 0.336 e. The predicted molar refractivity (Wildman–Crippen MR) is 114 cm³/mol. The highest BCUT2D eigenvalue weighted by Crippen LogP contribution is 2.47. The van der Waals surface area contributed by atoms with Crippen molar-refractivity contribution in [2.75, 3.05) is 13.2 Å². The molecule has 1 saturated carbocycles. The number of hydrogen-bond donors (Lipinski definition) is 0. The molecule has 1 aromatic rings. The van der Waals surface area contributed by atoms with Gasteiger partial charge in [-0.25, -0.2) is 4.79 Å². The van der Waals surface area contributed by atoms with Crippen molar-refractivity contribution in [3.05, 3.63) is 40.1 Å². The molecule has 0 N–H and O–H groups in total. The quantitative estimate of drug-likeness (QED) is 0.623. The number of ether oxygens (including phenoxy) is 2.